The van der Waals surface area contributed by atoms with Gasteiger partial charge in [0, 0.05) is 0 Å². The second-order valence-corrected chi connectivity index (χ2v) is 5.76. The quantitative estimate of drug-likeness (QED) is 0.845. The third-order valence-corrected chi connectivity index (χ3v) is 4.21. The van der Waals surface area contributed by atoms with Gasteiger partial charge >= 0.3 is 5.92 Å². The molecule has 0 heterocycles. The molecular formula is C19H21F2NO2. The van der Waals surface area contributed by atoms with Crippen LogP contribution in [0.5, 0.6) is 0 Å². The minimum absolute atomic E-state index is 0.0139. The molecule has 2 aromatic rings. The second kappa shape index (κ2) is 7.09. The zero-order valence-electron chi connectivity index (χ0n) is 13.7. The van der Waals surface area contributed by atoms with Crippen LogP contribution in [0.15, 0.2) is 60.7 Å². The highest BCUT2D eigenvalue weighted by molar-refractivity contribution is 5.85. The number of rotatable bonds is 6. The van der Waals surface area contributed by atoms with Crippen molar-refractivity contribution in [1.82, 2.24) is 5.32 Å². The Morgan fingerprint density at radius 2 is 1.58 bits per heavy atom. The maximum Gasteiger partial charge on any atom is 0.356 e. The van der Waals surface area contributed by atoms with Gasteiger partial charge in [-0.05, 0) is 24.5 Å². The number of hydrogen-bond donors (Lipinski definition) is 2. The molecule has 0 saturated carbocycles. The van der Waals surface area contributed by atoms with Gasteiger partial charge in [0.25, 0.3) is 5.91 Å². The molecule has 2 rings (SSSR count). The van der Waals surface area contributed by atoms with E-state index in [9.17, 15) is 18.7 Å². The fourth-order valence-corrected chi connectivity index (χ4v) is 2.62. The summed E-state index contributed by atoms with van der Waals surface area (Å²) in [5.41, 5.74) is -1.84. The Labute approximate surface area is 140 Å². The summed E-state index contributed by atoms with van der Waals surface area (Å²) in [6.45, 7) is 3.05. The molecule has 0 bridgehead atoms. The summed E-state index contributed by atoms with van der Waals surface area (Å²) < 4.78 is 29.5. The fourth-order valence-electron chi connectivity index (χ4n) is 2.62. The van der Waals surface area contributed by atoms with Crippen LogP contribution in [-0.4, -0.2) is 16.9 Å². The summed E-state index contributed by atoms with van der Waals surface area (Å²) >= 11 is 0. The summed E-state index contributed by atoms with van der Waals surface area (Å²) in [7, 11) is 0. The number of amides is 1. The molecule has 1 amide bonds. The van der Waals surface area contributed by atoms with Gasteiger partial charge in [0.05, 0.1) is 6.04 Å². The third-order valence-electron chi connectivity index (χ3n) is 4.21. The standard InChI is InChI=1S/C19H21F2NO2/c1-3-18(24,16-12-8-5-9-13-16)19(20,21)17(23)22-14(2)15-10-6-4-7-11-15/h4-14,24H,3H2,1-2H3,(H,22,23)/t14-,18+/m0/s1. The second-order valence-electron chi connectivity index (χ2n) is 5.76. The molecular weight excluding hydrogens is 312 g/mol. The number of nitrogens with one attached hydrogen (secondary N) is 1. The van der Waals surface area contributed by atoms with Crippen molar-refractivity contribution in [1.29, 1.82) is 0 Å². The molecule has 0 aromatic heterocycles. The summed E-state index contributed by atoms with van der Waals surface area (Å²) in [5, 5.41) is 12.9. The van der Waals surface area contributed by atoms with Crippen LogP contribution in [0, 0.1) is 0 Å². The van der Waals surface area contributed by atoms with Gasteiger partial charge in [0.2, 0.25) is 0 Å². The van der Waals surface area contributed by atoms with E-state index in [1.54, 1.807) is 55.5 Å². The van der Waals surface area contributed by atoms with Crippen molar-refractivity contribution >= 4 is 5.91 Å². The largest absolute Gasteiger partial charge is 0.378 e. The van der Waals surface area contributed by atoms with E-state index in [4.69, 9.17) is 0 Å². The highest BCUT2D eigenvalue weighted by Gasteiger charge is 2.58. The van der Waals surface area contributed by atoms with Crippen LogP contribution in [0.1, 0.15) is 37.4 Å². The number of alkyl halides is 2. The van der Waals surface area contributed by atoms with Crippen LogP contribution in [0.3, 0.4) is 0 Å². The van der Waals surface area contributed by atoms with Crippen molar-refractivity contribution in [2.24, 2.45) is 0 Å². The summed E-state index contributed by atoms with van der Waals surface area (Å²) in [6.07, 6.45) is -0.294. The van der Waals surface area contributed by atoms with Crippen molar-refractivity contribution in [3.63, 3.8) is 0 Å². The lowest BCUT2D eigenvalue weighted by atomic mass is 9.84. The maximum absolute atomic E-state index is 14.8. The molecule has 5 heteroatoms. The number of benzene rings is 2. The van der Waals surface area contributed by atoms with E-state index in [1.807, 2.05) is 0 Å². The van der Waals surface area contributed by atoms with Crippen LogP contribution < -0.4 is 5.32 Å². The number of hydrogen-bond acceptors (Lipinski definition) is 2. The first-order valence-electron chi connectivity index (χ1n) is 7.84. The minimum Gasteiger partial charge on any atom is -0.378 e. The van der Waals surface area contributed by atoms with E-state index < -0.39 is 23.5 Å². The highest BCUT2D eigenvalue weighted by atomic mass is 19.3. The predicted octanol–water partition coefficient (Wildman–Crippen LogP) is 3.80. The van der Waals surface area contributed by atoms with E-state index in [-0.39, 0.29) is 12.0 Å². The SMILES string of the molecule is CC[C@@](O)(c1ccccc1)C(F)(F)C(=O)N[C@@H](C)c1ccccc1. The number of carbonyl (C=O) groups excluding carboxylic acids is 1. The molecule has 2 aromatic carbocycles. The summed E-state index contributed by atoms with van der Waals surface area (Å²) in [6, 6.07) is 15.8. The zero-order valence-corrected chi connectivity index (χ0v) is 13.7. The Morgan fingerprint density at radius 3 is 2.08 bits per heavy atom. The Kier molecular flexibility index (Phi) is 5.34. The van der Waals surface area contributed by atoms with Crippen LogP contribution >= 0.6 is 0 Å². The third kappa shape index (κ3) is 3.31. The van der Waals surface area contributed by atoms with Gasteiger partial charge in [0.15, 0.2) is 5.60 Å². The molecule has 0 fully saturated rings. The van der Waals surface area contributed by atoms with E-state index in [1.165, 1.54) is 19.1 Å². The van der Waals surface area contributed by atoms with E-state index in [0.29, 0.717) is 5.56 Å². The minimum atomic E-state index is -3.97. The van der Waals surface area contributed by atoms with E-state index in [0.717, 1.165) is 0 Å². The Bertz CT molecular complexity index is 676. The molecule has 128 valence electrons. The maximum atomic E-state index is 14.8. The predicted molar refractivity (Wildman–Crippen MR) is 88.6 cm³/mol. The van der Waals surface area contributed by atoms with Gasteiger partial charge < -0.3 is 10.4 Å². The van der Waals surface area contributed by atoms with Gasteiger partial charge in [-0.25, -0.2) is 0 Å². The van der Waals surface area contributed by atoms with Crippen LogP contribution in [-0.2, 0) is 10.4 Å². The lowest BCUT2D eigenvalue weighted by Crippen LogP contribution is -2.55. The van der Waals surface area contributed by atoms with Gasteiger partial charge in [-0.2, -0.15) is 8.78 Å². The van der Waals surface area contributed by atoms with Gasteiger partial charge in [-0.1, -0.05) is 67.6 Å². The highest BCUT2D eigenvalue weighted by Crippen LogP contribution is 2.40. The molecule has 0 saturated heterocycles. The number of aliphatic hydroxyl groups is 1. The van der Waals surface area contributed by atoms with Gasteiger partial charge in [-0.15, -0.1) is 0 Å². The van der Waals surface area contributed by atoms with Crippen molar-refractivity contribution < 1.29 is 18.7 Å². The average molecular weight is 333 g/mol. The molecule has 0 spiro atoms. The monoisotopic (exact) mass is 333 g/mol. The van der Waals surface area contributed by atoms with Gasteiger partial charge in [0.1, 0.15) is 0 Å². The molecule has 0 aliphatic rings. The lowest BCUT2D eigenvalue weighted by molar-refractivity contribution is -0.198. The van der Waals surface area contributed by atoms with Crippen molar-refractivity contribution in [2.45, 2.75) is 37.8 Å². The molecule has 0 unspecified atom stereocenters. The topological polar surface area (TPSA) is 49.3 Å². The Balaban J connectivity index is 2.26. The molecule has 24 heavy (non-hydrogen) atoms. The average Bonchev–Trinajstić information content (AvgIpc) is 2.62. The molecule has 0 radical (unpaired) electrons. The molecule has 2 atom stereocenters. The Morgan fingerprint density at radius 1 is 1.08 bits per heavy atom. The van der Waals surface area contributed by atoms with Crippen LogP contribution in [0.25, 0.3) is 0 Å². The summed E-state index contributed by atoms with van der Waals surface area (Å²) in [5.74, 6) is -5.46. The lowest BCUT2D eigenvalue weighted by Gasteiger charge is -2.35. The summed E-state index contributed by atoms with van der Waals surface area (Å²) in [4.78, 5) is 12.2. The van der Waals surface area contributed by atoms with Crippen molar-refractivity contribution in [3.8, 4) is 0 Å². The molecule has 2 N–H and O–H groups in total. The first-order valence-corrected chi connectivity index (χ1v) is 7.84. The number of halogens is 2. The fraction of sp³-hybridized carbons (Fsp3) is 0.316. The smallest absolute Gasteiger partial charge is 0.356 e. The molecule has 0 aliphatic carbocycles. The van der Waals surface area contributed by atoms with Gasteiger partial charge in [-0.3, -0.25) is 4.79 Å². The van der Waals surface area contributed by atoms with E-state index in [2.05, 4.69) is 5.32 Å². The van der Waals surface area contributed by atoms with Crippen LogP contribution in [0.4, 0.5) is 8.78 Å². The molecule has 0 aliphatic heterocycles. The first-order chi connectivity index (χ1) is 11.3. The van der Waals surface area contributed by atoms with E-state index >= 15 is 0 Å². The van der Waals surface area contributed by atoms with Crippen molar-refractivity contribution in [3.05, 3.63) is 71.8 Å². The number of carbonyl (C=O) groups is 1. The molecule has 3 nitrogen and oxygen atoms in total. The normalized spacial score (nSPS) is 15.4. The Hall–Kier alpha value is -2.27. The van der Waals surface area contributed by atoms with Crippen LogP contribution in [0.2, 0.25) is 0 Å². The van der Waals surface area contributed by atoms with Crippen molar-refractivity contribution in [2.75, 3.05) is 0 Å². The first kappa shape index (κ1) is 18.1. The zero-order chi connectivity index (χ0) is 17.8.